The Bertz CT molecular complexity index is 927. The minimum Gasteiger partial charge on any atom is -0.495 e. The summed E-state index contributed by atoms with van der Waals surface area (Å²) in [4.78, 5) is 26.2. The van der Waals surface area contributed by atoms with E-state index in [1.165, 1.54) is 14.2 Å². The number of methoxy groups -OCH3 is 2. The Morgan fingerprint density at radius 3 is 1.52 bits per heavy atom. The van der Waals surface area contributed by atoms with Crippen LogP contribution in [-0.4, -0.2) is 26.0 Å². The fourth-order valence-corrected chi connectivity index (χ4v) is 2.97. The Morgan fingerprint density at radius 1 is 0.655 bits per heavy atom. The van der Waals surface area contributed by atoms with Crippen LogP contribution in [0.1, 0.15) is 11.5 Å². The van der Waals surface area contributed by atoms with Crippen molar-refractivity contribution in [2.45, 2.75) is 5.92 Å². The van der Waals surface area contributed by atoms with E-state index in [9.17, 15) is 9.59 Å². The molecule has 0 saturated heterocycles. The minimum absolute atomic E-state index is 0.465. The van der Waals surface area contributed by atoms with Crippen LogP contribution in [0.2, 0.25) is 0 Å². The molecule has 0 bridgehead atoms. The SMILES string of the molecule is COc1ccccc1NC(=O)C(C(=O)Nc1ccccc1OC)c1ccccc1. The van der Waals surface area contributed by atoms with Gasteiger partial charge in [-0.25, -0.2) is 0 Å². The Hall–Kier alpha value is -3.80. The number of rotatable bonds is 7. The van der Waals surface area contributed by atoms with Crippen molar-refractivity contribution < 1.29 is 19.1 Å². The van der Waals surface area contributed by atoms with Crippen LogP contribution in [0.25, 0.3) is 0 Å². The van der Waals surface area contributed by atoms with Crippen molar-refractivity contribution in [3.8, 4) is 11.5 Å². The number of para-hydroxylation sites is 4. The van der Waals surface area contributed by atoms with Crippen LogP contribution < -0.4 is 20.1 Å². The lowest BCUT2D eigenvalue weighted by Gasteiger charge is -2.19. The highest BCUT2D eigenvalue weighted by atomic mass is 16.5. The number of hydrogen-bond donors (Lipinski definition) is 2. The van der Waals surface area contributed by atoms with Crippen molar-refractivity contribution in [1.29, 1.82) is 0 Å². The Morgan fingerprint density at radius 2 is 1.07 bits per heavy atom. The summed E-state index contributed by atoms with van der Waals surface area (Å²) < 4.78 is 10.6. The molecular formula is C23H22N2O4. The molecule has 0 spiro atoms. The van der Waals surface area contributed by atoms with E-state index < -0.39 is 17.7 Å². The first-order valence-electron chi connectivity index (χ1n) is 9.06. The number of amides is 2. The van der Waals surface area contributed by atoms with Crippen LogP contribution in [0.4, 0.5) is 11.4 Å². The number of ether oxygens (including phenoxy) is 2. The molecule has 0 aliphatic rings. The van der Waals surface area contributed by atoms with Crippen LogP contribution in [0.15, 0.2) is 78.9 Å². The molecule has 2 N–H and O–H groups in total. The van der Waals surface area contributed by atoms with Crippen LogP contribution in [0.5, 0.6) is 11.5 Å². The lowest BCUT2D eigenvalue weighted by atomic mass is 9.96. The molecule has 0 radical (unpaired) electrons. The maximum atomic E-state index is 13.1. The van der Waals surface area contributed by atoms with Crippen molar-refractivity contribution in [3.63, 3.8) is 0 Å². The molecule has 0 aliphatic carbocycles. The van der Waals surface area contributed by atoms with Gasteiger partial charge in [0, 0.05) is 0 Å². The predicted octanol–water partition coefficient (Wildman–Crippen LogP) is 4.06. The van der Waals surface area contributed by atoms with Gasteiger partial charge in [0.1, 0.15) is 17.4 Å². The second-order valence-electron chi connectivity index (χ2n) is 6.22. The van der Waals surface area contributed by atoms with Gasteiger partial charge in [-0.3, -0.25) is 9.59 Å². The van der Waals surface area contributed by atoms with E-state index in [2.05, 4.69) is 10.6 Å². The molecule has 148 valence electrons. The Balaban J connectivity index is 1.90. The largest absolute Gasteiger partial charge is 0.495 e. The molecule has 3 rings (SSSR count). The number of carbonyl (C=O) groups excluding carboxylic acids is 2. The van der Waals surface area contributed by atoms with Crippen molar-refractivity contribution in [1.82, 2.24) is 0 Å². The molecular weight excluding hydrogens is 368 g/mol. The highest BCUT2D eigenvalue weighted by Gasteiger charge is 2.29. The monoisotopic (exact) mass is 390 g/mol. The molecule has 3 aromatic carbocycles. The first-order valence-corrected chi connectivity index (χ1v) is 9.06. The van der Waals surface area contributed by atoms with Gasteiger partial charge >= 0.3 is 0 Å². The highest BCUT2D eigenvalue weighted by Crippen LogP contribution is 2.28. The average molecular weight is 390 g/mol. The van der Waals surface area contributed by atoms with E-state index in [1.807, 2.05) is 6.07 Å². The van der Waals surface area contributed by atoms with E-state index >= 15 is 0 Å². The average Bonchev–Trinajstić information content (AvgIpc) is 2.75. The maximum absolute atomic E-state index is 13.1. The van der Waals surface area contributed by atoms with Crippen LogP contribution in [-0.2, 0) is 9.59 Å². The maximum Gasteiger partial charge on any atom is 0.241 e. The molecule has 6 nitrogen and oxygen atoms in total. The smallest absolute Gasteiger partial charge is 0.241 e. The molecule has 0 aromatic heterocycles. The quantitative estimate of drug-likeness (QED) is 0.597. The van der Waals surface area contributed by atoms with Gasteiger partial charge in [0.05, 0.1) is 25.6 Å². The fourth-order valence-electron chi connectivity index (χ4n) is 2.97. The Kier molecular flexibility index (Phi) is 6.47. The van der Waals surface area contributed by atoms with E-state index in [1.54, 1.807) is 72.8 Å². The van der Waals surface area contributed by atoms with Gasteiger partial charge in [0.15, 0.2) is 0 Å². The van der Waals surface area contributed by atoms with E-state index in [0.717, 1.165) is 0 Å². The molecule has 3 aromatic rings. The number of benzene rings is 3. The summed E-state index contributed by atoms with van der Waals surface area (Å²) in [6, 6.07) is 23.0. The van der Waals surface area contributed by atoms with Gasteiger partial charge in [0.2, 0.25) is 11.8 Å². The molecule has 0 unspecified atom stereocenters. The van der Waals surface area contributed by atoms with Crippen LogP contribution >= 0.6 is 0 Å². The highest BCUT2D eigenvalue weighted by molar-refractivity contribution is 6.15. The molecule has 29 heavy (non-hydrogen) atoms. The molecule has 0 heterocycles. The molecule has 2 amide bonds. The van der Waals surface area contributed by atoms with Gasteiger partial charge in [-0.1, -0.05) is 54.6 Å². The lowest BCUT2D eigenvalue weighted by Crippen LogP contribution is -2.32. The summed E-state index contributed by atoms with van der Waals surface area (Å²) in [5.41, 5.74) is 1.56. The summed E-state index contributed by atoms with van der Waals surface area (Å²) in [6.45, 7) is 0. The third-order valence-corrected chi connectivity index (χ3v) is 4.39. The zero-order valence-electron chi connectivity index (χ0n) is 16.2. The number of nitrogens with one attached hydrogen (secondary N) is 2. The van der Waals surface area contributed by atoms with Gasteiger partial charge in [-0.15, -0.1) is 0 Å². The fraction of sp³-hybridized carbons (Fsp3) is 0.130. The zero-order valence-corrected chi connectivity index (χ0v) is 16.2. The number of anilines is 2. The molecule has 0 fully saturated rings. The van der Waals surface area contributed by atoms with Crippen molar-refractivity contribution in [2.75, 3.05) is 24.9 Å². The van der Waals surface area contributed by atoms with Crippen LogP contribution in [0, 0.1) is 0 Å². The zero-order chi connectivity index (χ0) is 20.6. The van der Waals surface area contributed by atoms with Crippen LogP contribution in [0.3, 0.4) is 0 Å². The summed E-state index contributed by atoms with van der Waals surface area (Å²) in [5.74, 6) is -0.970. The second kappa shape index (κ2) is 9.41. The number of hydrogen-bond acceptors (Lipinski definition) is 4. The normalized spacial score (nSPS) is 10.3. The van der Waals surface area contributed by atoms with Crippen molar-refractivity contribution in [2.24, 2.45) is 0 Å². The number of carbonyl (C=O) groups is 2. The molecule has 0 saturated carbocycles. The summed E-state index contributed by atoms with van der Waals surface area (Å²) in [6.07, 6.45) is 0. The first-order chi connectivity index (χ1) is 14.1. The van der Waals surface area contributed by atoms with E-state index in [-0.39, 0.29) is 0 Å². The second-order valence-corrected chi connectivity index (χ2v) is 6.22. The van der Waals surface area contributed by atoms with Gasteiger partial charge in [-0.05, 0) is 29.8 Å². The first kappa shape index (κ1) is 19.9. The molecule has 0 atom stereocenters. The van der Waals surface area contributed by atoms with E-state index in [0.29, 0.717) is 28.4 Å². The topological polar surface area (TPSA) is 76.7 Å². The molecule has 0 aliphatic heterocycles. The minimum atomic E-state index is -1.06. The van der Waals surface area contributed by atoms with Gasteiger partial charge in [0.25, 0.3) is 0 Å². The van der Waals surface area contributed by atoms with Gasteiger partial charge in [-0.2, -0.15) is 0 Å². The lowest BCUT2D eigenvalue weighted by molar-refractivity contribution is -0.126. The summed E-state index contributed by atoms with van der Waals surface area (Å²) in [5, 5.41) is 5.60. The predicted molar refractivity (Wildman–Crippen MR) is 112 cm³/mol. The summed E-state index contributed by atoms with van der Waals surface area (Å²) >= 11 is 0. The standard InChI is InChI=1S/C23H22N2O4/c1-28-19-14-8-6-12-17(19)24-22(26)21(16-10-4-3-5-11-16)23(27)25-18-13-7-9-15-20(18)29-2/h3-15,21H,1-2H3,(H,24,26)(H,25,27). The van der Waals surface area contributed by atoms with E-state index in [4.69, 9.17) is 9.47 Å². The third kappa shape index (κ3) is 4.73. The van der Waals surface area contributed by atoms with Crippen molar-refractivity contribution >= 4 is 23.2 Å². The molecule has 6 heteroatoms. The summed E-state index contributed by atoms with van der Waals surface area (Å²) in [7, 11) is 3.04. The van der Waals surface area contributed by atoms with Gasteiger partial charge < -0.3 is 20.1 Å². The Labute approximate surface area is 169 Å². The third-order valence-electron chi connectivity index (χ3n) is 4.39. The van der Waals surface area contributed by atoms with Crippen molar-refractivity contribution in [3.05, 3.63) is 84.4 Å².